The molecule has 0 amide bonds. The van der Waals surface area contributed by atoms with Crippen LogP contribution in [0.5, 0.6) is 0 Å². The number of hydrogen-bond acceptors (Lipinski definition) is 1. The van der Waals surface area contributed by atoms with Crippen LogP contribution in [-0.2, 0) is 4.57 Å². The normalized spacial score (nSPS) is 4.21. The average molecular weight is 272 g/mol. The van der Waals surface area contributed by atoms with Crippen LogP contribution in [-0.4, -0.2) is 112 Å². The number of hydrogen-bond donors (Lipinski definition) is 3. The molecule has 14 heavy (non-hydrogen) atoms. The van der Waals surface area contributed by atoms with Crippen LogP contribution in [0.2, 0.25) is 0 Å². The van der Waals surface area contributed by atoms with E-state index in [2.05, 4.69) is 0 Å². The van der Waals surface area contributed by atoms with Crippen LogP contribution < -0.4 is 0 Å². The number of rotatable bonds is 0. The fourth-order valence-corrected chi connectivity index (χ4v) is 0. The second-order valence-corrected chi connectivity index (χ2v) is 1.54. The van der Waals surface area contributed by atoms with Crippen molar-refractivity contribution < 1.29 is 57.6 Å². The Hall–Kier alpha value is 1.83. The van der Waals surface area contributed by atoms with Gasteiger partial charge < -0.3 is 53.0 Å². The van der Waals surface area contributed by atoms with Gasteiger partial charge in [-0.3, -0.25) is 0 Å². The number of phosphoric acid groups is 1. The molecule has 0 aliphatic heterocycles. The molecule has 0 radical (unpaired) electrons. The predicted octanol–water partition coefficient (Wildman–Crippen LogP) is -8.00. The van der Waals surface area contributed by atoms with Crippen LogP contribution in [0.25, 0.3) is 0 Å². The molecule has 0 rings (SSSR count). The molecule has 0 saturated heterocycles. The topological polar surface area (TPSA) is 298 Å². The zero-order valence-electron chi connectivity index (χ0n) is 5.70. The van der Waals surface area contributed by atoms with Gasteiger partial charge in [-0.05, 0) is 0 Å². The van der Waals surface area contributed by atoms with E-state index in [0.717, 1.165) is 0 Å². The first-order chi connectivity index (χ1) is 2.00. The molecule has 0 bridgehead atoms. The van der Waals surface area contributed by atoms with Crippen molar-refractivity contribution in [2.24, 2.45) is 0 Å². The molecule has 92 valence electrons. The predicted molar refractivity (Wildman–Crippen MR) is 53.9 cm³/mol. The van der Waals surface area contributed by atoms with Crippen molar-refractivity contribution in [2.45, 2.75) is 0 Å². The zero-order chi connectivity index (χ0) is 4.50. The van der Waals surface area contributed by atoms with E-state index in [9.17, 15) is 0 Å². The Morgan fingerprint density at radius 2 is 0.571 bits per heavy atom. The summed E-state index contributed by atoms with van der Waals surface area (Å²) in [6, 6.07) is 0. The fourth-order valence-electron chi connectivity index (χ4n) is 0. The van der Waals surface area contributed by atoms with Crippen LogP contribution in [0.3, 0.4) is 0 Å². The van der Waals surface area contributed by atoms with Gasteiger partial charge in [-0.2, -0.15) is 0 Å². The van der Waals surface area contributed by atoms with E-state index in [4.69, 9.17) is 19.2 Å². The summed E-state index contributed by atoms with van der Waals surface area (Å²) in [5.41, 5.74) is 0. The first-order valence-electron chi connectivity index (χ1n) is 0.783. The molecule has 14 heteroatoms. The van der Waals surface area contributed by atoms with Gasteiger partial charge >= 0.3 is 66.9 Å². The SMILES string of the molecule is O.O.O.O.O.O.O.O=P(O)(O)O.[NaH].[NaH]. The molecule has 0 unspecified atom stereocenters. The molecule has 0 fully saturated rings. The van der Waals surface area contributed by atoms with Gasteiger partial charge in [-0.1, -0.05) is 0 Å². The summed E-state index contributed by atoms with van der Waals surface area (Å²) in [6.07, 6.45) is 0. The summed E-state index contributed by atoms with van der Waals surface area (Å²) in [5.74, 6) is 0. The summed E-state index contributed by atoms with van der Waals surface area (Å²) < 4.78 is 8.88. The summed E-state index contributed by atoms with van der Waals surface area (Å²) >= 11 is 0. The maximum absolute atomic E-state index is 8.88. The van der Waals surface area contributed by atoms with Crippen molar-refractivity contribution in [3.63, 3.8) is 0 Å². The molecule has 0 heterocycles. The first-order valence-corrected chi connectivity index (χ1v) is 2.35. The fraction of sp³-hybridized carbons (Fsp3) is 0. The van der Waals surface area contributed by atoms with E-state index in [0.29, 0.717) is 0 Å². The molecular weight excluding hydrogens is 253 g/mol. The van der Waals surface area contributed by atoms with Crippen molar-refractivity contribution in [2.75, 3.05) is 0 Å². The van der Waals surface area contributed by atoms with Crippen molar-refractivity contribution in [1.29, 1.82) is 0 Å². The van der Waals surface area contributed by atoms with E-state index in [1.807, 2.05) is 0 Å². The molecule has 0 spiro atoms. The minimum absolute atomic E-state index is 0. The molecule has 0 aromatic carbocycles. The van der Waals surface area contributed by atoms with E-state index in [-0.39, 0.29) is 97.4 Å². The Bertz CT molecular complexity index is 59.4. The van der Waals surface area contributed by atoms with Crippen molar-refractivity contribution in [3.8, 4) is 0 Å². The average Bonchev–Trinajstić information content (AvgIpc) is 0.722. The third kappa shape index (κ3) is 680. The Labute approximate surface area is 123 Å². The van der Waals surface area contributed by atoms with Gasteiger partial charge in [0.2, 0.25) is 0 Å². The molecular formula is H19Na2O11P. The van der Waals surface area contributed by atoms with Crippen molar-refractivity contribution >= 4 is 66.9 Å². The van der Waals surface area contributed by atoms with E-state index in [1.165, 1.54) is 0 Å². The van der Waals surface area contributed by atoms with Gasteiger partial charge in [0, 0.05) is 0 Å². The molecule has 0 aromatic heterocycles. The Morgan fingerprint density at radius 3 is 0.571 bits per heavy atom. The van der Waals surface area contributed by atoms with Gasteiger partial charge in [0.25, 0.3) is 0 Å². The second-order valence-electron chi connectivity index (χ2n) is 0.513. The standard InChI is InChI=1S/2Na.H3O4P.7H2O.2H/c;;1-5(2,3)4;;;;;;;;;/h;;(H3,1,2,3,4);7*1H2;;. The monoisotopic (exact) mass is 272 g/mol. The summed E-state index contributed by atoms with van der Waals surface area (Å²) in [5, 5.41) is 0. The van der Waals surface area contributed by atoms with Gasteiger partial charge in [0.15, 0.2) is 0 Å². The third-order valence-electron chi connectivity index (χ3n) is 0. The zero-order valence-corrected chi connectivity index (χ0v) is 6.59. The van der Waals surface area contributed by atoms with Crippen LogP contribution in [0, 0.1) is 0 Å². The maximum atomic E-state index is 8.88. The first kappa shape index (κ1) is 102. The van der Waals surface area contributed by atoms with E-state index >= 15 is 0 Å². The molecule has 0 aromatic rings. The second kappa shape index (κ2) is 46.3. The molecule has 17 N–H and O–H groups in total. The summed E-state index contributed by atoms with van der Waals surface area (Å²) in [6.45, 7) is 0. The molecule has 0 saturated carbocycles. The summed E-state index contributed by atoms with van der Waals surface area (Å²) in [7, 11) is -4.64. The molecule has 0 aliphatic carbocycles. The molecule has 0 atom stereocenters. The van der Waals surface area contributed by atoms with E-state index < -0.39 is 7.82 Å². The molecule has 0 aliphatic rings. The van der Waals surface area contributed by atoms with Crippen LogP contribution >= 0.6 is 7.82 Å². The Kier molecular flexibility index (Phi) is 339. The van der Waals surface area contributed by atoms with Crippen LogP contribution in [0.15, 0.2) is 0 Å². The van der Waals surface area contributed by atoms with Crippen molar-refractivity contribution in [3.05, 3.63) is 0 Å². The Balaban J connectivity index is -0.00000000222. The van der Waals surface area contributed by atoms with Crippen LogP contribution in [0.4, 0.5) is 0 Å². The van der Waals surface area contributed by atoms with Crippen LogP contribution in [0.1, 0.15) is 0 Å². The molecule has 11 nitrogen and oxygen atoms in total. The quantitative estimate of drug-likeness (QED) is 0.285. The Morgan fingerprint density at radius 1 is 0.571 bits per heavy atom. The van der Waals surface area contributed by atoms with Gasteiger partial charge in [-0.15, -0.1) is 0 Å². The van der Waals surface area contributed by atoms with Crippen molar-refractivity contribution in [1.82, 2.24) is 0 Å². The van der Waals surface area contributed by atoms with Gasteiger partial charge in [-0.25, -0.2) is 4.57 Å². The van der Waals surface area contributed by atoms with Gasteiger partial charge in [0.05, 0.1) is 0 Å². The van der Waals surface area contributed by atoms with E-state index in [1.54, 1.807) is 0 Å². The third-order valence-corrected chi connectivity index (χ3v) is 0. The van der Waals surface area contributed by atoms with Gasteiger partial charge in [0.1, 0.15) is 0 Å². The minimum atomic E-state index is -4.64. The summed E-state index contributed by atoms with van der Waals surface area (Å²) in [4.78, 5) is 21.6.